The average Bonchev–Trinajstić information content (AvgIpc) is 3.19. The summed E-state index contributed by atoms with van der Waals surface area (Å²) in [6.45, 7) is 7.88. The van der Waals surface area contributed by atoms with Crippen LogP contribution in [-0.2, 0) is 5.41 Å². The minimum atomic E-state index is 0.235. The van der Waals surface area contributed by atoms with E-state index in [0.717, 1.165) is 12.6 Å². The molecule has 0 spiro atoms. The average molecular weight is 260 g/mol. The van der Waals surface area contributed by atoms with Crippen molar-refractivity contribution in [3.8, 4) is 0 Å². The van der Waals surface area contributed by atoms with Crippen LogP contribution in [0.15, 0.2) is 24.3 Å². The number of nitrogens with zero attached hydrogens (tertiary/aromatic N) is 1. The lowest BCUT2D eigenvalue weighted by molar-refractivity contribution is 0.287. The molecule has 1 aliphatic rings. The Morgan fingerprint density at radius 2 is 1.79 bits per heavy atom. The van der Waals surface area contributed by atoms with Crippen LogP contribution in [0.3, 0.4) is 0 Å². The third-order valence-corrected chi connectivity index (χ3v) is 4.17. The molecule has 0 heterocycles. The molecule has 0 radical (unpaired) electrons. The monoisotopic (exact) mass is 260 g/mol. The maximum Gasteiger partial charge on any atom is 0.0446 e. The number of benzene rings is 1. The Labute approximate surface area is 118 Å². The summed E-state index contributed by atoms with van der Waals surface area (Å²) < 4.78 is 0. The van der Waals surface area contributed by atoms with Gasteiger partial charge in [0.25, 0.3) is 0 Å². The van der Waals surface area contributed by atoms with Crippen LogP contribution in [0.5, 0.6) is 0 Å². The molecular weight excluding hydrogens is 232 g/mol. The van der Waals surface area contributed by atoms with Gasteiger partial charge in [-0.1, -0.05) is 45.0 Å². The molecule has 2 heteroatoms. The molecular formula is C17H28N2. The van der Waals surface area contributed by atoms with E-state index in [4.69, 9.17) is 0 Å². The van der Waals surface area contributed by atoms with Crippen LogP contribution in [0.2, 0.25) is 0 Å². The van der Waals surface area contributed by atoms with Gasteiger partial charge in [-0.2, -0.15) is 0 Å². The largest absolute Gasteiger partial charge is 0.312 e. The molecule has 0 bridgehead atoms. The lowest BCUT2D eigenvalue weighted by Gasteiger charge is -2.25. The smallest absolute Gasteiger partial charge is 0.0446 e. The highest BCUT2D eigenvalue weighted by Crippen LogP contribution is 2.28. The van der Waals surface area contributed by atoms with Crippen LogP contribution in [0.4, 0.5) is 0 Å². The van der Waals surface area contributed by atoms with E-state index in [2.05, 4.69) is 69.3 Å². The van der Waals surface area contributed by atoms with Gasteiger partial charge in [0.05, 0.1) is 0 Å². The van der Waals surface area contributed by atoms with Crippen LogP contribution in [0, 0.1) is 0 Å². The first-order chi connectivity index (χ1) is 8.91. The van der Waals surface area contributed by atoms with Gasteiger partial charge >= 0.3 is 0 Å². The Hall–Kier alpha value is -0.860. The molecule has 2 nitrogen and oxygen atoms in total. The van der Waals surface area contributed by atoms with Gasteiger partial charge in [-0.3, -0.25) is 0 Å². The third kappa shape index (κ3) is 3.80. The number of hydrogen-bond donors (Lipinski definition) is 1. The highest BCUT2D eigenvalue weighted by molar-refractivity contribution is 5.29. The fourth-order valence-electron chi connectivity index (χ4n) is 2.53. The van der Waals surface area contributed by atoms with E-state index in [-0.39, 0.29) is 5.41 Å². The van der Waals surface area contributed by atoms with E-state index >= 15 is 0 Å². The Balaban J connectivity index is 2.05. The Morgan fingerprint density at radius 1 is 1.21 bits per heavy atom. The maximum absolute atomic E-state index is 3.45. The van der Waals surface area contributed by atoms with Crippen LogP contribution in [-0.4, -0.2) is 31.6 Å². The third-order valence-electron chi connectivity index (χ3n) is 4.17. The van der Waals surface area contributed by atoms with E-state index < -0.39 is 0 Å². The van der Waals surface area contributed by atoms with E-state index in [1.165, 1.54) is 24.0 Å². The molecule has 1 N–H and O–H groups in total. The van der Waals surface area contributed by atoms with E-state index in [1.54, 1.807) is 0 Å². The summed E-state index contributed by atoms with van der Waals surface area (Å²) in [6, 6.07) is 10.4. The second-order valence-corrected chi connectivity index (χ2v) is 6.88. The Morgan fingerprint density at radius 3 is 2.21 bits per heavy atom. The second-order valence-electron chi connectivity index (χ2n) is 6.88. The molecule has 0 aromatic heterocycles. The SMILES string of the molecule is CNC(CN(C)C1CC1)c1ccc(C(C)(C)C)cc1. The maximum atomic E-state index is 3.45. The minimum Gasteiger partial charge on any atom is -0.312 e. The standard InChI is InChI=1S/C17H28N2/c1-17(2,3)14-8-6-13(7-9-14)16(18-4)12-19(5)15-10-11-15/h6-9,15-16,18H,10-12H2,1-5H3. The number of hydrogen-bond acceptors (Lipinski definition) is 2. The predicted molar refractivity (Wildman–Crippen MR) is 82.6 cm³/mol. The van der Waals surface area contributed by atoms with Gasteiger partial charge in [0.2, 0.25) is 0 Å². The van der Waals surface area contributed by atoms with Crippen molar-refractivity contribution in [2.75, 3.05) is 20.6 Å². The van der Waals surface area contributed by atoms with Crippen molar-refractivity contribution in [3.63, 3.8) is 0 Å². The van der Waals surface area contributed by atoms with Crippen molar-refractivity contribution < 1.29 is 0 Å². The van der Waals surface area contributed by atoms with Gasteiger partial charge in [-0.25, -0.2) is 0 Å². The van der Waals surface area contributed by atoms with Crippen molar-refractivity contribution in [2.45, 2.75) is 51.1 Å². The van der Waals surface area contributed by atoms with Crippen LogP contribution >= 0.6 is 0 Å². The molecule has 0 amide bonds. The minimum absolute atomic E-state index is 0.235. The topological polar surface area (TPSA) is 15.3 Å². The fraction of sp³-hybridized carbons (Fsp3) is 0.647. The molecule has 1 unspecified atom stereocenters. The molecule has 1 aliphatic carbocycles. The summed E-state index contributed by atoms with van der Waals surface area (Å²) in [7, 11) is 4.30. The Bertz CT molecular complexity index is 398. The first kappa shape index (κ1) is 14.5. The zero-order chi connectivity index (χ0) is 14.0. The van der Waals surface area contributed by atoms with Gasteiger partial charge in [-0.15, -0.1) is 0 Å². The quantitative estimate of drug-likeness (QED) is 0.873. The van der Waals surface area contributed by atoms with Gasteiger partial charge in [0.15, 0.2) is 0 Å². The predicted octanol–water partition coefficient (Wildman–Crippen LogP) is 3.34. The molecule has 19 heavy (non-hydrogen) atoms. The van der Waals surface area contributed by atoms with Gasteiger partial charge in [0.1, 0.15) is 0 Å². The van der Waals surface area contributed by atoms with Crippen molar-refractivity contribution in [1.29, 1.82) is 0 Å². The Kier molecular flexibility index (Phi) is 4.32. The summed E-state index contributed by atoms with van der Waals surface area (Å²) in [5.41, 5.74) is 3.03. The number of likely N-dealkylation sites (N-methyl/N-ethyl adjacent to an activating group) is 2. The van der Waals surface area contributed by atoms with Gasteiger partial charge in [-0.05, 0) is 43.5 Å². The lowest BCUT2D eigenvalue weighted by Crippen LogP contribution is -2.32. The van der Waals surface area contributed by atoms with E-state index in [9.17, 15) is 0 Å². The van der Waals surface area contributed by atoms with Gasteiger partial charge < -0.3 is 10.2 Å². The molecule has 1 fully saturated rings. The molecule has 1 atom stereocenters. The summed E-state index contributed by atoms with van der Waals surface area (Å²) in [5.74, 6) is 0. The molecule has 1 saturated carbocycles. The van der Waals surface area contributed by atoms with Crippen molar-refractivity contribution in [3.05, 3.63) is 35.4 Å². The fourth-order valence-corrected chi connectivity index (χ4v) is 2.53. The normalized spacial score (nSPS) is 17.8. The molecule has 1 aromatic rings. The first-order valence-electron chi connectivity index (χ1n) is 7.40. The summed E-state index contributed by atoms with van der Waals surface area (Å²) in [5, 5.41) is 3.45. The molecule has 2 rings (SSSR count). The van der Waals surface area contributed by atoms with E-state index in [1.807, 2.05) is 0 Å². The number of nitrogens with one attached hydrogen (secondary N) is 1. The van der Waals surface area contributed by atoms with Crippen LogP contribution < -0.4 is 5.32 Å². The zero-order valence-corrected chi connectivity index (χ0v) is 13.0. The molecule has 106 valence electrons. The summed E-state index contributed by atoms with van der Waals surface area (Å²) in [4.78, 5) is 2.48. The van der Waals surface area contributed by atoms with Crippen LogP contribution in [0.25, 0.3) is 0 Å². The first-order valence-corrected chi connectivity index (χ1v) is 7.40. The van der Waals surface area contributed by atoms with Crippen LogP contribution in [0.1, 0.15) is 50.8 Å². The van der Waals surface area contributed by atoms with Crippen molar-refractivity contribution >= 4 is 0 Å². The summed E-state index contributed by atoms with van der Waals surface area (Å²) >= 11 is 0. The highest BCUT2D eigenvalue weighted by atomic mass is 15.2. The highest BCUT2D eigenvalue weighted by Gasteiger charge is 2.27. The lowest BCUT2D eigenvalue weighted by atomic mass is 9.86. The second kappa shape index (κ2) is 5.64. The molecule has 1 aromatic carbocycles. The molecule has 0 aliphatic heterocycles. The van der Waals surface area contributed by atoms with E-state index in [0.29, 0.717) is 6.04 Å². The zero-order valence-electron chi connectivity index (χ0n) is 13.0. The summed E-state index contributed by atoms with van der Waals surface area (Å²) in [6.07, 6.45) is 2.74. The van der Waals surface area contributed by atoms with Gasteiger partial charge in [0, 0.05) is 18.6 Å². The molecule has 0 saturated heterocycles. The van der Waals surface area contributed by atoms with Crippen molar-refractivity contribution in [2.24, 2.45) is 0 Å². The number of rotatable bonds is 5. The van der Waals surface area contributed by atoms with Crippen molar-refractivity contribution in [1.82, 2.24) is 10.2 Å².